The van der Waals surface area contributed by atoms with E-state index < -0.39 is 5.67 Å². The van der Waals surface area contributed by atoms with Crippen molar-refractivity contribution in [2.24, 2.45) is 0 Å². The van der Waals surface area contributed by atoms with Gasteiger partial charge >= 0.3 is 0 Å². The maximum Gasteiger partial charge on any atom is 0.137 e. The van der Waals surface area contributed by atoms with Crippen LogP contribution < -0.4 is 5.32 Å². The molecule has 0 aromatic carbocycles. The zero-order valence-electron chi connectivity index (χ0n) is 4.65. The number of hydrogen-bond donors (Lipinski definition) is 2. The summed E-state index contributed by atoms with van der Waals surface area (Å²) in [5.41, 5.74) is -1.09. The van der Waals surface area contributed by atoms with Gasteiger partial charge in [0.15, 0.2) is 0 Å². The second-order valence-corrected chi connectivity index (χ2v) is 2.23. The van der Waals surface area contributed by atoms with Gasteiger partial charge in [0, 0.05) is 26.1 Å². The number of halogens is 1. The van der Waals surface area contributed by atoms with Crippen LogP contribution in [0.25, 0.3) is 0 Å². The quantitative estimate of drug-likeness (QED) is 0.522. The van der Waals surface area contributed by atoms with Crippen LogP contribution in [-0.4, -0.2) is 30.5 Å². The minimum Gasteiger partial charge on any atom is -0.396 e. The molecule has 2 nitrogen and oxygen atoms in total. The lowest BCUT2D eigenvalue weighted by molar-refractivity contribution is 0.0589. The molecule has 1 saturated heterocycles. The number of aliphatic hydroxyl groups is 1. The minimum absolute atomic E-state index is 0.0435. The van der Waals surface area contributed by atoms with E-state index in [4.69, 9.17) is 5.11 Å². The fraction of sp³-hybridized carbons (Fsp3) is 1.00. The highest BCUT2D eigenvalue weighted by Crippen LogP contribution is 2.19. The van der Waals surface area contributed by atoms with Crippen molar-refractivity contribution in [2.45, 2.75) is 12.1 Å². The van der Waals surface area contributed by atoms with Crippen LogP contribution in [0.2, 0.25) is 0 Å². The van der Waals surface area contributed by atoms with Gasteiger partial charge < -0.3 is 10.4 Å². The standard InChI is InChI=1S/C5H10FNO/c6-5(1-2-8)3-7-4-5/h7-8H,1-4H2. The van der Waals surface area contributed by atoms with Gasteiger partial charge in [0.1, 0.15) is 5.67 Å². The molecule has 0 aromatic heterocycles. The molecular formula is C5H10FNO. The van der Waals surface area contributed by atoms with E-state index in [1.165, 1.54) is 0 Å². The number of nitrogens with one attached hydrogen (secondary N) is 1. The summed E-state index contributed by atoms with van der Waals surface area (Å²) in [5.74, 6) is 0. The van der Waals surface area contributed by atoms with Crippen molar-refractivity contribution in [2.75, 3.05) is 19.7 Å². The Hall–Kier alpha value is -0.150. The molecule has 1 rings (SSSR count). The summed E-state index contributed by atoms with van der Waals surface area (Å²) >= 11 is 0. The lowest BCUT2D eigenvalue weighted by Gasteiger charge is -2.34. The highest BCUT2D eigenvalue weighted by molar-refractivity contribution is 4.92. The van der Waals surface area contributed by atoms with Crippen molar-refractivity contribution >= 4 is 0 Å². The molecule has 8 heavy (non-hydrogen) atoms. The Morgan fingerprint density at radius 2 is 2.25 bits per heavy atom. The molecule has 0 aliphatic carbocycles. The van der Waals surface area contributed by atoms with Crippen molar-refractivity contribution in [1.29, 1.82) is 0 Å². The summed E-state index contributed by atoms with van der Waals surface area (Å²) in [5, 5.41) is 11.1. The van der Waals surface area contributed by atoms with E-state index in [0.29, 0.717) is 13.1 Å². The molecule has 0 amide bonds. The molecular weight excluding hydrogens is 109 g/mol. The highest BCUT2D eigenvalue weighted by atomic mass is 19.1. The second-order valence-electron chi connectivity index (χ2n) is 2.23. The Balaban J connectivity index is 2.20. The first-order valence-corrected chi connectivity index (χ1v) is 2.77. The topological polar surface area (TPSA) is 32.3 Å². The van der Waals surface area contributed by atoms with Gasteiger partial charge in [0.25, 0.3) is 0 Å². The van der Waals surface area contributed by atoms with Crippen LogP contribution in [-0.2, 0) is 0 Å². The van der Waals surface area contributed by atoms with Gasteiger partial charge in [-0.05, 0) is 0 Å². The summed E-state index contributed by atoms with van der Waals surface area (Å²) < 4.78 is 12.7. The first-order valence-electron chi connectivity index (χ1n) is 2.77. The third-order valence-electron chi connectivity index (χ3n) is 1.44. The Morgan fingerprint density at radius 3 is 2.38 bits per heavy atom. The van der Waals surface area contributed by atoms with E-state index in [1.54, 1.807) is 0 Å². The zero-order valence-corrected chi connectivity index (χ0v) is 4.65. The maximum atomic E-state index is 12.7. The molecule has 0 spiro atoms. The molecule has 2 N–H and O–H groups in total. The monoisotopic (exact) mass is 119 g/mol. The van der Waals surface area contributed by atoms with Gasteiger partial charge in [0.05, 0.1) is 0 Å². The van der Waals surface area contributed by atoms with Crippen molar-refractivity contribution in [3.63, 3.8) is 0 Å². The minimum atomic E-state index is -1.09. The van der Waals surface area contributed by atoms with Crippen LogP contribution in [0, 0.1) is 0 Å². The van der Waals surface area contributed by atoms with Gasteiger partial charge in [-0.2, -0.15) is 0 Å². The molecule has 0 aromatic rings. The fourth-order valence-electron chi connectivity index (χ4n) is 0.773. The van der Waals surface area contributed by atoms with Gasteiger partial charge in [0.2, 0.25) is 0 Å². The normalized spacial score (nSPS) is 24.8. The highest BCUT2D eigenvalue weighted by Gasteiger charge is 2.35. The lowest BCUT2D eigenvalue weighted by Crippen LogP contribution is -2.56. The maximum absolute atomic E-state index is 12.7. The van der Waals surface area contributed by atoms with Gasteiger partial charge in [-0.25, -0.2) is 4.39 Å². The van der Waals surface area contributed by atoms with E-state index in [2.05, 4.69) is 5.32 Å². The smallest absolute Gasteiger partial charge is 0.137 e. The number of alkyl halides is 1. The molecule has 48 valence electrons. The average molecular weight is 119 g/mol. The molecule has 0 saturated carbocycles. The predicted octanol–water partition coefficient (Wildman–Crippen LogP) is -0.320. The molecule has 0 unspecified atom stereocenters. The third-order valence-corrected chi connectivity index (χ3v) is 1.44. The number of aliphatic hydroxyl groups excluding tert-OH is 1. The van der Waals surface area contributed by atoms with E-state index in [9.17, 15) is 4.39 Å². The Kier molecular flexibility index (Phi) is 1.49. The molecule has 1 aliphatic rings. The average Bonchev–Trinajstić information content (AvgIpc) is 1.64. The second kappa shape index (κ2) is 1.99. The van der Waals surface area contributed by atoms with E-state index in [1.807, 2.05) is 0 Å². The molecule has 0 atom stereocenters. The molecule has 1 aliphatic heterocycles. The summed E-state index contributed by atoms with van der Waals surface area (Å²) in [6.07, 6.45) is 0.278. The first-order chi connectivity index (χ1) is 3.77. The molecule has 1 heterocycles. The first kappa shape index (κ1) is 5.98. The lowest BCUT2D eigenvalue weighted by atomic mass is 9.96. The Bertz CT molecular complexity index is 82.5. The van der Waals surface area contributed by atoms with E-state index in [0.717, 1.165) is 0 Å². The van der Waals surface area contributed by atoms with Gasteiger partial charge in [-0.3, -0.25) is 0 Å². The van der Waals surface area contributed by atoms with Crippen molar-refractivity contribution in [3.05, 3.63) is 0 Å². The number of hydrogen-bond acceptors (Lipinski definition) is 2. The van der Waals surface area contributed by atoms with Crippen LogP contribution in [0.5, 0.6) is 0 Å². The van der Waals surface area contributed by atoms with Gasteiger partial charge in [-0.1, -0.05) is 0 Å². The van der Waals surface area contributed by atoms with Gasteiger partial charge in [-0.15, -0.1) is 0 Å². The van der Waals surface area contributed by atoms with Crippen LogP contribution in [0.15, 0.2) is 0 Å². The Morgan fingerprint density at radius 1 is 1.62 bits per heavy atom. The van der Waals surface area contributed by atoms with Crippen LogP contribution in [0.1, 0.15) is 6.42 Å². The third kappa shape index (κ3) is 0.980. The number of rotatable bonds is 2. The summed E-state index contributed by atoms with van der Waals surface area (Å²) in [6.45, 7) is 0.777. The molecule has 0 bridgehead atoms. The van der Waals surface area contributed by atoms with Crippen LogP contribution in [0.3, 0.4) is 0 Å². The molecule has 3 heteroatoms. The SMILES string of the molecule is OCCC1(F)CNC1. The summed E-state index contributed by atoms with van der Waals surface area (Å²) in [4.78, 5) is 0. The van der Waals surface area contributed by atoms with Crippen molar-refractivity contribution in [1.82, 2.24) is 5.32 Å². The summed E-state index contributed by atoms with van der Waals surface area (Å²) in [7, 11) is 0. The largest absolute Gasteiger partial charge is 0.396 e. The van der Waals surface area contributed by atoms with Crippen molar-refractivity contribution in [3.8, 4) is 0 Å². The van der Waals surface area contributed by atoms with Crippen molar-refractivity contribution < 1.29 is 9.50 Å². The van der Waals surface area contributed by atoms with E-state index in [-0.39, 0.29) is 13.0 Å². The van der Waals surface area contributed by atoms with Crippen LogP contribution in [0.4, 0.5) is 4.39 Å². The van der Waals surface area contributed by atoms with E-state index >= 15 is 0 Å². The molecule has 0 radical (unpaired) electrons. The zero-order chi connectivity index (χ0) is 6.04. The molecule has 1 fully saturated rings. The summed E-state index contributed by atoms with van der Waals surface area (Å²) in [6, 6.07) is 0. The predicted molar refractivity (Wildman–Crippen MR) is 28.4 cm³/mol. The van der Waals surface area contributed by atoms with Crippen LogP contribution >= 0.6 is 0 Å². The fourth-order valence-corrected chi connectivity index (χ4v) is 0.773. The Labute approximate surface area is 47.7 Å².